The lowest BCUT2D eigenvalue weighted by atomic mass is 10.1. The number of nitrogens with zero attached hydrogens (tertiary/aromatic N) is 1. The van der Waals surface area contributed by atoms with Crippen molar-refractivity contribution < 1.29 is 14.6 Å². The number of carboxylic acids is 1. The standard InChI is InChI=1S/C16H26N2O3/c1-5-8-17-10-13-6-7-14(18(4)11-16(19)20)15(9-13)21-12(2)3/h6-7,9,12,17H,5,8,10-11H2,1-4H3,(H,19,20). The van der Waals surface area contributed by atoms with Crippen LogP contribution in [0.5, 0.6) is 5.75 Å². The van der Waals surface area contributed by atoms with Gasteiger partial charge in [0.15, 0.2) is 0 Å². The Balaban J connectivity index is 2.92. The molecule has 0 radical (unpaired) electrons. The van der Waals surface area contributed by atoms with Gasteiger partial charge in [0.2, 0.25) is 0 Å². The smallest absolute Gasteiger partial charge is 0.323 e. The van der Waals surface area contributed by atoms with Crippen LogP contribution >= 0.6 is 0 Å². The van der Waals surface area contributed by atoms with Crippen LogP contribution in [0.4, 0.5) is 5.69 Å². The van der Waals surface area contributed by atoms with Gasteiger partial charge in [-0.2, -0.15) is 0 Å². The summed E-state index contributed by atoms with van der Waals surface area (Å²) in [6, 6.07) is 5.91. The molecule has 0 saturated carbocycles. The number of carbonyl (C=O) groups is 1. The van der Waals surface area contributed by atoms with E-state index in [0.29, 0.717) is 0 Å². The first-order chi connectivity index (χ1) is 9.93. The molecular weight excluding hydrogens is 268 g/mol. The molecular formula is C16H26N2O3. The highest BCUT2D eigenvalue weighted by Crippen LogP contribution is 2.29. The van der Waals surface area contributed by atoms with Crippen LogP contribution < -0.4 is 15.0 Å². The molecule has 0 fully saturated rings. The third-order valence-corrected chi connectivity index (χ3v) is 2.93. The second kappa shape index (κ2) is 8.52. The van der Waals surface area contributed by atoms with E-state index in [1.807, 2.05) is 32.0 Å². The molecule has 0 unspecified atom stereocenters. The summed E-state index contributed by atoms with van der Waals surface area (Å²) in [4.78, 5) is 12.5. The molecule has 0 aliphatic rings. The van der Waals surface area contributed by atoms with Gasteiger partial charge in [-0.15, -0.1) is 0 Å². The minimum atomic E-state index is -0.860. The molecule has 0 aromatic heterocycles. The Kier molecular flexibility index (Phi) is 7.02. The van der Waals surface area contributed by atoms with Gasteiger partial charge in [-0.05, 0) is 44.5 Å². The summed E-state index contributed by atoms with van der Waals surface area (Å²) in [6.45, 7) is 7.75. The van der Waals surface area contributed by atoms with Crippen LogP contribution in [-0.4, -0.2) is 37.3 Å². The number of rotatable bonds is 9. The highest BCUT2D eigenvalue weighted by molar-refractivity contribution is 5.75. The van der Waals surface area contributed by atoms with Crippen molar-refractivity contribution in [1.82, 2.24) is 5.32 Å². The molecule has 0 saturated heterocycles. The van der Waals surface area contributed by atoms with Gasteiger partial charge in [-0.1, -0.05) is 13.0 Å². The largest absolute Gasteiger partial charge is 0.489 e. The Morgan fingerprint density at radius 2 is 2.14 bits per heavy atom. The summed E-state index contributed by atoms with van der Waals surface area (Å²) in [5.41, 5.74) is 1.93. The van der Waals surface area contributed by atoms with Crippen molar-refractivity contribution in [2.24, 2.45) is 0 Å². The monoisotopic (exact) mass is 294 g/mol. The van der Waals surface area contributed by atoms with Crippen LogP contribution in [0.25, 0.3) is 0 Å². The van der Waals surface area contributed by atoms with Crippen molar-refractivity contribution >= 4 is 11.7 Å². The van der Waals surface area contributed by atoms with Gasteiger partial charge in [-0.3, -0.25) is 4.79 Å². The van der Waals surface area contributed by atoms with Crippen LogP contribution in [0, 0.1) is 0 Å². The summed E-state index contributed by atoms with van der Waals surface area (Å²) in [6.07, 6.45) is 1.13. The van der Waals surface area contributed by atoms with E-state index in [1.54, 1.807) is 11.9 Å². The van der Waals surface area contributed by atoms with E-state index in [-0.39, 0.29) is 12.6 Å². The second-order valence-electron chi connectivity index (χ2n) is 5.40. The van der Waals surface area contributed by atoms with Gasteiger partial charge in [0, 0.05) is 13.6 Å². The van der Waals surface area contributed by atoms with Gasteiger partial charge in [0.25, 0.3) is 0 Å². The number of carboxylic acid groups (broad SMARTS) is 1. The first-order valence-corrected chi connectivity index (χ1v) is 7.37. The summed E-state index contributed by atoms with van der Waals surface area (Å²) >= 11 is 0. The molecule has 0 heterocycles. The van der Waals surface area contributed by atoms with E-state index >= 15 is 0 Å². The van der Waals surface area contributed by atoms with E-state index in [4.69, 9.17) is 9.84 Å². The van der Waals surface area contributed by atoms with Crippen molar-refractivity contribution in [3.05, 3.63) is 23.8 Å². The van der Waals surface area contributed by atoms with Gasteiger partial charge in [0.05, 0.1) is 11.8 Å². The van der Waals surface area contributed by atoms with Gasteiger partial charge >= 0.3 is 5.97 Å². The average Bonchev–Trinajstić information content (AvgIpc) is 2.37. The Hall–Kier alpha value is -1.75. The number of ether oxygens (including phenoxy) is 1. The molecule has 2 N–H and O–H groups in total. The van der Waals surface area contributed by atoms with Crippen molar-refractivity contribution in [3.8, 4) is 5.75 Å². The summed E-state index contributed by atoms with van der Waals surface area (Å²) in [7, 11) is 1.76. The molecule has 21 heavy (non-hydrogen) atoms. The lowest BCUT2D eigenvalue weighted by Gasteiger charge is -2.22. The molecule has 0 amide bonds. The maximum Gasteiger partial charge on any atom is 0.323 e. The van der Waals surface area contributed by atoms with Crippen LogP contribution in [0.2, 0.25) is 0 Å². The molecule has 0 aliphatic carbocycles. The second-order valence-corrected chi connectivity index (χ2v) is 5.40. The maximum absolute atomic E-state index is 10.9. The quantitative estimate of drug-likeness (QED) is 0.685. The van der Waals surface area contributed by atoms with E-state index in [1.165, 1.54) is 0 Å². The molecule has 118 valence electrons. The number of nitrogens with one attached hydrogen (secondary N) is 1. The predicted molar refractivity (Wildman–Crippen MR) is 85.1 cm³/mol. The Morgan fingerprint density at radius 1 is 1.43 bits per heavy atom. The van der Waals surface area contributed by atoms with Gasteiger partial charge in [0.1, 0.15) is 12.3 Å². The van der Waals surface area contributed by atoms with Crippen LogP contribution in [0.15, 0.2) is 18.2 Å². The fraction of sp³-hybridized carbons (Fsp3) is 0.562. The fourth-order valence-electron chi connectivity index (χ4n) is 2.03. The highest BCUT2D eigenvalue weighted by atomic mass is 16.5. The minimum absolute atomic E-state index is 0.0424. The third-order valence-electron chi connectivity index (χ3n) is 2.93. The molecule has 1 aromatic rings. The normalized spacial score (nSPS) is 10.7. The molecule has 0 bridgehead atoms. The van der Waals surface area contributed by atoms with E-state index < -0.39 is 5.97 Å². The molecule has 1 aromatic carbocycles. The van der Waals surface area contributed by atoms with Gasteiger partial charge < -0.3 is 20.1 Å². The lowest BCUT2D eigenvalue weighted by molar-refractivity contribution is -0.135. The Morgan fingerprint density at radius 3 is 2.71 bits per heavy atom. The van der Waals surface area contributed by atoms with Gasteiger partial charge in [-0.25, -0.2) is 0 Å². The van der Waals surface area contributed by atoms with Crippen LogP contribution in [0.3, 0.4) is 0 Å². The summed E-state index contributed by atoms with van der Waals surface area (Å²) in [5.74, 6) is -0.133. The number of hydrogen-bond acceptors (Lipinski definition) is 4. The predicted octanol–water partition coefficient (Wildman–Crippen LogP) is 2.49. The van der Waals surface area contributed by atoms with E-state index in [0.717, 1.165) is 36.5 Å². The van der Waals surface area contributed by atoms with Crippen LogP contribution in [-0.2, 0) is 11.3 Å². The first-order valence-electron chi connectivity index (χ1n) is 7.37. The molecule has 5 heteroatoms. The Bertz CT molecular complexity index is 461. The number of anilines is 1. The van der Waals surface area contributed by atoms with Crippen LogP contribution in [0.1, 0.15) is 32.8 Å². The topological polar surface area (TPSA) is 61.8 Å². The highest BCUT2D eigenvalue weighted by Gasteiger charge is 2.13. The zero-order valence-corrected chi connectivity index (χ0v) is 13.3. The molecule has 1 rings (SSSR count). The number of likely N-dealkylation sites (N-methyl/N-ethyl adjacent to an activating group) is 1. The zero-order valence-electron chi connectivity index (χ0n) is 13.3. The molecule has 5 nitrogen and oxygen atoms in total. The third kappa shape index (κ3) is 6.04. The van der Waals surface area contributed by atoms with E-state index in [2.05, 4.69) is 12.2 Å². The fourth-order valence-corrected chi connectivity index (χ4v) is 2.03. The van der Waals surface area contributed by atoms with E-state index in [9.17, 15) is 4.79 Å². The number of hydrogen-bond donors (Lipinski definition) is 2. The Labute approximate surface area is 126 Å². The summed E-state index contributed by atoms with van der Waals surface area (Å²) < 4.78 is 5.83. The maximum atomic E-state index is 10.9. The van der Waals surface area contributed by atoms with Crippen molar-refractivity contribution in [3.63, 3.8) is 0 Å². The summed E-state index contributed by atoms with van der Waals surface area (Å²) in [5, 5.41) is 12.3. The first kappa shape index (κ1) is 17.3. The SMILES string of the molecule is CCCNCc1ccc(N(C)CC(=O)O)c(OC(C)C)c1. The minimum Gasteiger partial charge on any atom is -0.489 e. The average molecular weight is 294 g/mol. The van der Waals surface area contributed by atoms with Crippen molar-refractivity contribution in [1.29, 1.82) is 0 Å². The number of benzene rings is 1. The molecule has 0 atom stereocenters. The van der Waals surface area contributed by atoms with Crippen molar-refractivity contribution in [2.75, 3.05) is 25.0 Å². The molecule has 0 spiro atoms. The zero-order chi connectivity index (χ0) is 15.8. The number of aliphatic carboxylic acids is 1. The lowest BCUT2D eigenvalue weighted by Crippen LogP contribution is -2.26. The van der Waals surface area contributed by atoms with Crippen molar-refractivity contribution in [2.45, 2.75) is 39.8 Å². The molecule has 0 aliphatic heterocycles.